The van der Waals surface area contributed by atoms with Gasteiger partial charge in [0.05, 0.1) is 11.5 Å². The fraction of sp³-hybridized carbons (Fsp3) is 0.533. The van der Waals surface area contributed by atoms with Crippen molar-refractivity contribution in [2.24, 2.45) is 11.7 Å². The van der Waals surface area contributed by atoms with Gasteiger partial charge in [0, 0.05) is 6.42 Å². The molecular weight excluding hydrogens is 326 g/mol. The van der Waals surface area contributed by atoms with E-state index in [2.05, 4.69) is 0 Å². The molecule has 0 aromatic heterocycles. The van der Waals surface area contributed by atoms with Gasteiger partial charge in [0.2, 0.25) is 0 Å². The van der Waals surface area contributed by atoms with Crippen molar-refractivity contribution in [3.05, 3.63) is 30.3 Å². The molecule has 22 heavy (non-hydrogen) atoms. The first-order valence-electron chi connectivity index (χ1n) is 7.01. The molecule has 1 unspecified atom stereocenters. The van der Waals surface area contributed by atoms with Crippen LogP contribution in [0.3, 0.4) is 0 Å². The number of primary amides is 1. The second-order valence-electron chi connectivity index (χ2n) is 5.44. The van der Waals surface area contributed by atoms with Crippen molar-refractivity contribution in [3.63, 3.8) is 0 Å². The number of amides is 1. The van der Waals surface area contributed by atoms with Crippen molar-refractivity contribution in [2.75, 3.05) is 11.5 Å². The van der Waals surface area contributed by atoms with Crippen LogP contribution in [0.15, 0.2) is 30.3 Å². The molecular formula is C15H24ClNO4S. The van der Waals surface area contributed by atoms with Crippen LogP contribution < -0.4 is 10.5 Å². The van der Waals surface area contributed by atoms with Gasteiger partial charge in [-0.3, -0.25) is 4.79 Å². The third-order valence-corrected chi connectivity index (χ3v) is 4.75. The highest BCUT2D eigenvalue weighted by atomic mass is 35.5. The fourth-order valence-electron chi connectivity index (χ4n) is 1.73. The monoisotopic (exact) mass is 349 g/mol. The molecule has 5 nitrogen and oxygen atoms in total. The molecule has 1 rings (SSSR count). The van der Waals surface area contributed by atoms with Gasteiger partial charge in [0.25, 0.3) is 5.91 Å². The number of ether oxygens (including phenoxy) is 1. The van der Waals surface area contributed by atoms with E-state index in [1.54, 1.807) is 24.3 Å². The number of rotatable bonds is 9. The number of hydrogen-bond acceptors (Lipinski definition) is 4. The van der Waals surface area contributed by atoms with E-state index in [1.165, 1.54) is 0 Å². The Kier molecular flexibility index (Phi) is 9.13. The van der Waals surface area contributed by atoms with Gasteiger partial charge < -0.3 is 10.5 Å². The average molecular weight is 350 g/mol. The summed E-state index contributed by atoms with van der Waals surface area (Å²) in [5.74, 6) is 0.202. The van der Waals surface area contributed by atoms with Crippen molar-refractivity contribution in [1.82, 2.24) is 0 Å². The van der Waals surface area contributed by atoms with Crippen molar-refractivity contribution >= 4 is 28.2 Å². The van der Waals surface area contributed by atoms with E-state index in [9.17, 15) is 13.2 Å². The lowest BCUT2D eigenvalue weighted by Crippen LogP contribution is -2.35. The number of para-hydroxylation sites is 1. The largest absolute Gasteiger partial charge is 0.481 e. The van der Waals surface area contributed by atoms with Crippen LogP contribution in [0.2, 0.25) is 0 Å². The predicted molar refractivity (Wildman–Crippen MR) is 90.0 cm³/mol. The van der Waals surface area contributed by atoms with Crippen LogP contribution in [-0.4, -0.2) is 31.9 Å². The summed E-state index contributed by atoms with van der Waals surface area (Å²) in [6, 6.07) is 8.76. The molecule has 1 amide bonds. The van der Waals surface area contributed by atoms with E-state index in [0.29, 0.717) is 18.1 Å². The highest BCUT2D eigenvalue weighted by Crippen LogP contribution is 2.14. The number of sulfone groups is 1. The molecule has 1 aromatic rings. The first-order valence-corrected chi connectivity index (χ1v) is 8.84. The molecule has 0 heterocycles. The van der Waals surface area contributed by atoms with Gasteiger partial charge in [-0.25, -0.2) is 8.42 Å². The predicted octanol–water partition coefficient (Wildman–Crippen LogP) is 2.19. The average Bonchev–Trinajstić information content (AvgIpc) is 2.42. The molecule has 0 bridgehead atoms. The highest BCUT2D eigenvalue weighted by molar-refractivity contribution is 7.91. The zero-order valence-electron chi connectivity index (χ0n) is 12.9. The summed E-state index contributed by atoms with van der Waals surface area (Å²) >= 11 is 0. The number of hydrogen-bond donors (Lipinski definition) is 1. The Bertz CT molecular complexity index is 546. The van der Waals surface area contributed by atoms with Crippen molar-refractivity contribution < 1.29 is 17.9 Å². The van der Waals surface area contributed by atoms with Gasteiger partial charge in [0.15, 0.2) is 6.10 Å². The molecule has 1 aromatic carbocycles. The second kappa shape index (κ2) is 9.69. The van der Waals surface area contributed by atoms with Crippen molar-refractivity contribution in [3.8, 4) is 5.75 Å². The molecule has 0 saturated heterocycles. The maximum atomic E-state index is 11.9. The third kappa shape index (κ3) is 8.24. The Morgan fingerprint density at radius 3 is 2.18 bits per heavy atom. The first kappa shape index (κ1) is 20.7. The van der Waals surface area contributed by atoms with E-state index in [1.807, 2.05) is 19.9 Å². The van der Waals surface area contributed by atoms with Gasteiger partial charge in [0.1, 0.15) is 15.6 Å². The molecule has 126 valence electrons. The molecule has 2 N–H and O–H groups in total. The summed E-state index contributed by atoms with van der Waals surface area (Å²) in [5.41, 5.74) is 5.28. The molecule has 0 spiro atoms. The number of nitrogens with two attached hydrogens (primary N) is 1. The van der Waals surface area contributed by atoms with E-state index in [4.69, 9.17) is 10.5 Å². The van der Waals surface area contributed by atoms with Crippen LogP contribution in [0.5, 0.6) is 5.75 Å². The lowest BCUT2D eigenvalue weighted by Gasteiger charge is -2.16. The molecule has 0 aliphatic rings. The van der Waals surface area contributed by atoms with E-state index < -0.39 is 21.8 Å². The van der Waals surface area contributed by atoms with Crippen LogP contribution >= 0.6 is 12.4 Å². The van der Waals surface area contributed by atoms with Gasteiger partial charge in [-0.1, -0.05) is 32.0 Å². The Balaban J connectivity index is 0.00000441. The Labute approximate surface area is 138 Å². The standard InChI is InChI=1S/C15H23NO4S.ClH/c1-12(2)8-10-21(18,19)11-9-14(15(16)17)20-13-6-4-3-5-7-13;/h3-7,12,14H,8-11H2,1-2H3,(H2,16,17);1H. The second-order valence-corrected chi connectivity index (χ2v) is 7.75. The molecule has 7 heteroatoms. The lowest BCUT2D eigenvalue weighted by molar-refractivity contribution is -0.124. The van der Waals surface area contributed by atoms with Gasteiger partial charge >= 0.3 is 0 Å². The number of halogens is 1. The van der Waals surface area contributed by atoms with Crippen LogP contribution in [0, 0.1) is 5.92 Å². The third-order valence-electron chi connectivity index (χ3n) is 3.04. The first-order chi connectivity index (χ1) is 9.80. The SMILES string of the molecule is CC(C)CCS(=O)(=O)CCC(Oc1ccccc1)C(N)=O.Cl. The topological polar surface area (TPSA) is 86.5 Å². The smallest absolute Gasteiger partial charge is 0.258 e. The lowest BCUT2D eigenvalue weighted by atomic mass is 10.2. The van der Waals surface area contributed by atoms with Crippen molar-refractivity contribution in [1.29, 1.82) is 0 Å². The Morgan fingerprint density at radius 1 is 1.14 bits per heavy atom. The molecule has 0 saturated carbocycles. The fourth-order valence-corrected chi connectivity index (χ4v) is 3.33. The zero-order valence-corrected chi connectivity index (χ0v) is 14.5. The van der Waals surface area contributed by atoms with Crippen LogP contribution in [0.1, 0.15) is 26.7 Å². The minimum absolute atomic E-state index is 0. The quantitative estimate of drug-likeness (QED) is 0.740. The Hall–Kier alpha value is -1.27. The molecule has 0 fully saturated rings. The number of carbonyl (C=O) groups is 1. The summed E-state index contributed by atoms with van der Waals surface area (Å²) < 4.78 is 29.3. The summed E-state index contributed by atoms with van der Waals surface area (Å²) in [6.45, 7) is 3.94. The van der Waals surface area contributed by atoms with Gasteiger partial charge in [-0.15, -0.1) is 12.4 Å². The van der Waals surface area contributed by atoms with Crippen molar-refractivity contribution in [2.45, 2.75) is 32.8 Å². The molecule has 0 aliphatic heterocycles. The summed E-state index contributed by atoms with van der Waals surface area (Å²) in [6.07, 6.45) is -0.241. The summed E-state index contributed by atoms with van der Waals surface area (Å²) in [7, 11) is -3.19. The molecule has 0 aliphatic carbocycles. The van der Waals surface area contributed by atoms with Gasteiger partial charge in [-0.2, -0.15) is 0 Å². The van der Waals surface area contributed by atoms with Crippen LogP contribution in [0.4, 0.5) is 0 Å². The van der Waals surface area contributed by atoms with E-state index in [-0.39, 0.29) is 30.3 Å². The number of carbonyl (C=O) groups excluding carboxylic acids is 1. The Morgan fingerprint density at radius 2 is 1.68 bits per heavy atom. The minimum Gasteiger partial charge on any atom is -0.481 e. The van der Waals surface area contributed by atoms with Gasteiger partial charge in [-0.05, 0) is 24.5 Å². The highest BCUT2D eigenvalue weighted by Gasteiger charge is 2.21. The van der Waals surface area contributed by atoms with Crippen LogP contribution in [0.25, 0.3) is 0 Å². The summed E-state index contributed by atoms with van der Waals surface area (Å²) in [4.78, 5) is 11.4. The minimum atomic E-state index is -3.19. The zero-order chi connectivity index (χ0) is 15.9. The maximum Gasteiger partial charge on any atom is 0.258 e. The van der Waals surface area contributed by atoms with E-state index >= 15 is 0 Å². The van der Waals surface area contributed by atoms with Crippen LogP contribution in [-0.2, 0) is 14.6 Å². The molecule has 1 atom stereocenters. The number of benzene rings is 1. The van der Waals surface area contributed by atoms with E-state index in [0.717, 1.165) is 0 Å². The maximum absolute atomic E-state index is 11.9. The normalized spacial score (nSPS) is 12.5. The molecule has 0 radical (unpaired) electrons. The summed E-state index contributed by atoms with van der Waals surface area (Å²) in [5, 5.41) is 0.